The lowest BCUT2D eigenvalue weighted by molar-refractivity contribution is 0.174. The second-order valence-electron chi connectivity index (χ2n) is 7.77. The Balaban J connectivity index is 1.25. The fraction of sp³-hybridized carbons (Fsp3) is 0.409. The number of piperazine rings is 1. The largest absolute Gasteiger partial charge is 0.359 e. The molecule has 5 rings (SSSR count). The molecule has 0 unspecified atom stereocenters. The topological polar surface area (TPSA) is 22.1 Å². The summed E-state index contributed by atoms with van der Waals surface area (Å²) in [6, 6.07) is 18.0. The van der Waals surface area contributed by atoms with Crippen LogP contribution in [0.15, 0.2) is 58.0 Å². The van der Waals surface area contributed by atoms with Gasteiger partial charge in [-0.15, -0.1) is 0 Å². The van der Waals surface area contributed by atoms with Gasteiger partial charge in [0, 0.05) is 43.2 Å². The molecular weight excluding hydrogens is 400 g/mol. The number of para-hydroxylation sites is 2. The summed E-state index contributed by atoms with van der Waals surface area (Å²) < 4.78 is 1.15. The number of benzene rings is 2. The zero-order valence-electron chi connectivity index (χ0n) is 15.5. The molecule has 0 aromatic heterocycles. The van der Waals surface area contributed by atoms with Crippen molar-refractivity contribution in [3.63, 3.8) is 0 Å². The van der Waals surface area contributed by atoms with Crippen molar-refractivity contribution in [1.29, 1.82) is 0 Å². The van der Waals surface area contributed by atoms with Crippen molar-refractivity contribution >= 4 is 33.1 Å². The average molecular weight is 425 g/mol. The van der Waals surface area contributed by atoms with Gasteiger partial charge in [0.25, 0.3) is 0 Å². The van der Waals surface area contributed by atoms with Crippen LogP contribution in [0.5, 0.6) is 0 Å². The molecule has 27 heavy (non-hydrogen) atoms. The van der Waals surface area contributed by atoms with Gasteiger partial charge in [0.15, 0.2) is 0 Å². The van der Waals surface area contributed by atoms with Crippen LogP contribution in [0.3, 0.4) is 0 Å². The van der Waals surface area contributed by atoms with Crippen molar-refractivity contribution in [3.05, 3.63) is 58.6 Å². The third kappa shape index (κ3) is 3.76. The van der Waals surface area contributed by atoms with E-state index in [1.54, 1.807) is 0 Å². The summed E-state index contributed by atoms with van der Waals surface area (Å²) >= 11 is 3.52. The van der Waals surface area contributed by atoms with Gasteiger partial charge in [0.2, 0.25) is 0 Å². The number of nitrogens with zero attached hydrogens (tertiary/aromatic N) is 4. The molecule has 0 spiro atoms. The predicted molar refractivity (Wildman–Crippen MR) is 115 cm³/mol. The Morgan fingerprint density at radius 1 is 0.926 bits per heavy atom. The Morgan fingerprint density at radius 3 is 2.41 bits per heavy atom. The molecule has 0 N–H and O–H groups in total. The van der Waals surface area contributed by atoms with E-state index >= 15 is 0 Å². The van der Waals surface area contributed by atoms with Crippen molar-refractivity contribution in [2.24, 2.45) is 4.99 Å². The van der Waals surface area contributed by atoms with E-state index in [2.05, 4.69) is 79.2 Å². The summed E-state index contributed by atoms with van der Waals surface area (Å²) in [6.07, 6.45) is 2.64. The van der Waals surface area contributed by atoms with E-state index in [-0.39, 0.29) is 0 Å². The molecule has 0 amide bonds. The Kier molecular flexibility index (Phi) is 4.66. The number of aliphatic imine (C=N–C) groups is 1. The number of anilines is 1. The van der Waals surface area contributed by atoms with Gasteiger partial charge in [-0.25, -0.2) is 4.99 Å². The monoisotopic (exact) mass is 424 g/mol. The first kappa shape index (κ1) is 17.3. The number of amidine groups is 1. The molecule has 3 aliphatic rings. The summed E-state index contributed by atoms with van der Waals surface area (Å²) in [7, 11) is 0. The zero-order chi connectivity index (χ0) is 18.2. The van der Waals surface area contributed by atoms with Gasteiger partial charge in [-0.1, -0.05) is 40.2 Å². The minimum atomic E-state index is 0.718. The molecule has 2 aliphatic heterocycles. The highest BCUT2D eigenvalue weighted by atomic mass is 79.9. The molecule has 2 fully saturated rings. The first-order chi connectivity index (χ1) is 13.3. The first-order valence-corrected chi connectivity index (χ1v) is 10.7. The molecule has 2 heterocycles. The normalized spacial score (nSPS) is 20.4. The Morgan fingerprint density at radius 2 is 1.67 bits per heavy atom. The van der Waals surface area contributed by atoms with Crippen LogP contribution in [0.1, 0.15) is 18.4 Å². The molecule has 1 saturated carbocycles. The Hall–Kier alpha value is -1.85. The summed E-state index contributed by atoms with van der Waals surface area (Å²) in [5, 5.41) is 0. The van der Waals surface area contributed by atoms with Gasteiger partial charge in [0.05, 0.1) is 17.9 Å². The minimum absolute atomic E-state index is 0.718. The van der Waals surface area contributed by atoms with E-state index in [1.165, 1.54) is 29.9 Å². The van der Waals surface area contributed by atoms with Crippen LogP contribution in [-0.4, -0.2) is 54.4 Å². The second kappa shape index (κ2) is 7.28. The highest BCUT2D eigenvalue weighted by molar-refractivity contribution is 9.10. The van der Waals surface area contributed by atoms with Gasteiger partial charge < -0.3 is 9.80 Å². The molecule has 2 aromatic carbocycles. The van der Waals surface area contributed by atoms with Gasteiger partial charge >= 0.3 is 0 Å². The van der Waals surface area contributed by atoms with E-state index in [1.807, 2.05) is 0 Å². The van der Waals surface area contributed by atoms with E-state index in [0.717, 1.165) is 55.5 Å². The molecule has 0 atom stereocenters. The van der Waals surface area contributed by atoms with Crippen molar-refractivity contribution in [2.45, 2.75) is 25.4 Å². The molecule has 4 nitrogen and oxygen atoms in total. The molecule has 0 bridgehead atoms. The van der Waals surface area contributed by atoms with Crippen molar-refractivity contribution in [3.8, 4) is 0 Å². The third-order valence-electron chi connectivity index (χ3n) is 5.80. The lowest BCUT2D eigenvalue weighted by Gasteiger charge is -2.40. The molecular formula is C22H25BrN4. The quantitative estimate of drug-likeness (QED) is 0.733. The Labute approximate surface area is 169 Å². The summed E-state index contributed by atoms with van der Waals surface area (Å²) in [6.45, 7) is 6.32. The maximum Gasteiger partial charge on any atom is 0.125 e. The number of halogens is 1. The Bertz CT molecular complexity index is 836. The maximum absolute atomic E-state index is 5.03. The predicted octanol–water partition coefficient (Wildman–Crippen LogP) is 4.28. The second-order valence-corrected chi connectivity index (χ2v) is 8.68. The van der Waals surface area contributed by atoms with E-state index in [9.17, 15) is 0 Å². The van der Waals surface area contributed by atoms with E-state index in [4.69, 9.17) is 4.99 Å². The fourth-order valence-corrected chi connectivity index (χ4v) is 4.37. The first-order valence-electron chi connectivity index (χ1n) is 9.91. The SMILES string of the molecule is Brc1ccc(CN2CCN(C3=Nc4ccccc4N(C4CC4)C3)CC2)cc1. The number of hydrogen-bond acceptors (Lipinski definition) is 4. The van der Waals surface area contributed by atoms with Gasteiger partial charge in [0.1, 0.15) is 5.84 Å². The lowest BCUT2D eigenvalue weighted by Crippen LogP contribution is -2.52. The highest BCUT2D eigenvalue weighted by Gasteiger charge is 2.34. The van der Waals surface area contributed by atoms with Crippen molar-refractivity contribution in [1.82, 2.24) is 9.80 Å². The molecule has 0 radical (unpaired) electrons. The van der Waals surface area contributed by atoms with Crippen LogP contribution in [0.4, 0.5) is 11.4 Å². The summed E-state index contributed by atoms with van der Waals surface area (Å²) in [5.74, 6) is 1.25. The fourth-order valence-electron chi connectivity index (χ4n) is 4.11. The molecule has 140 valence electrons. The number of fused-ring (bicyclic) bond motifs is 1. The number of rotatable bonds is 3. The van der Waals surface area contributed by atoms with Crippen molar-refractivity contribution < 1.29 is 0 Å². The summed E-state index contributed by atoms with van der Waals surface area (Å²) in [5.41, 5.74) is 3.84. The van der Waals surface area contributed by atoms with Crippen LogP contribution in [0.25, 0.3) is 0 Å². The number of hydrogen-bond donors (Lipinski definition) is 0. The standard InChI is InChI=1S/C22H25BrN4/c23-18-7-5-17(6-8-18)15-25-11-13-26(14-12-25)22-16-27(19-9-10-19)21-4-2-1-3-20(21)24-22/h1-8,19H,9-16H2. The highest BCUT2D eigenvalue weighted by Crippen LogP contribution is 2.39. The van der Waals surface area contributed by atoms with Crippen LogP contribution in [0, 0.1) is 0 Å². The maximum atomic E-state index is 5.03. The molecule has 2 aromatic rings. The van der Waals surface area contributed by atoms with Crippen LogP contribution >= 0.6 is 15.9 Å². The van der Waals surface area contributed by atoms with Crippen LogP contribution < -0.4 is 4.90 Å². The summed E-state index contributed by atoms with van der Waals surface area (Å²) in [4.78, 5) is 12.7. The van der Waals surface area contributed by atoms with E-state index in [0.29, 0.717) is 0 Å². The smallest absolute Gasteiger partial charge is 0.125 e. The van der Waals surface area contributed by atoms with Crippen molar-refractivity contribution in [2.75, 3.05) is 37.6 Å². The molecule has 1 aliphatic carbocycles. The zero-order valence-corrected chi connectivity index (χ0v) is 17.1. The average Bonchev–Trinajstić information content (AvgIpc) is 3.55. The van der Waals surface area contributed by atoms with E-state index < -0.39 is 0 Å². The molecule has 1 saturated heterocycles. The lowest BCUT2D eigenvalue weighted by atomic mass is 10.1. The van der Waals surface area contributed by atoms with Gasteiger partial charge in [-0.05, 0) is 42.7 Å². The van der Waals surface area contributed by atoms with Gasteiger partial charge in [-0.3, -0.25) is 4.90 Å². The van der Waals surface area contributed by atoms with Crippen LogP contribution in [0.2, 0.25) is 0 Å². The minimum Gasteiger partial charge on any atom is -0.359 e. The molecule has 5 heteroatoms. The van der Waals surface area contributed by atoms with Crippen LogP contribution in [-0.2, 0) is 6.54 Å². The third-order valence-corrected chi connectivity index (χ3v) is 6.33. The van der Waals surface area contributed by atoms with Gasteiger partial charge in [-0.2, -0.15) is 0 Å².